The first kappa shape index (κ1) is 24.9. The summed E-state index contributed by atoms with van der Waals surface area (Å²) in [6, 6.07) is 0. The minimum atomic E-state index is 0. The Kier molecular flexibility index (Phi) is 14.5. The molecule has 7 heteroatoms. The van der Waals surface area contributed by atoms with Gasteiger partial charge in [0, 0.05) is 39.3 Å². The molecule has 2 aliphatic heterocycles. The lowest BCUT2D eigenvalue weighted by molar-refractivity contribution is 0.0888. The Bertz CT molecular complexity index is 384. The van der Waals surface area contributed by atoms with Crippen molar-refractivity contribution in [1.82, 2.24) is 15.5 Å². The van der Waals surface area contributed by atoms with E-state index in [4.69, 9.17) is 9.47 Å². The Morgan fingerprint density at radius 1 is 1.11 bits per heavy atom. The van der Waals surface area contributed by atoms with Crippen LogP contribution < -0.4 is 10.6 Å². The zero-order chi connectivity index (χ0) is 18.5. The first-order valence-electron chi connectivity index (χ1n) is 10.6. The molecular formula is C20H41IN4O2. The van der Waals surface area contributed by atoms with Crippen LogP contribution in [0.4, 0.5) is 0 Å². The monoisotopic (exact) mass is 496 g/mol. The van der Waals surface area contributed by atoms with Gasteiger partial charge in [0.1, 0.15) is 0 Å². The molecule has 2 fully saturated rings. The number of hydrogen-bond acceptors (Lipinski definition) is 4. The van der Waals surface area contributed by atoms with Gasteiger partial charge in [-0.05, 0) is 64.1 Å². The van der Waals surface area contributed by atoms with Crippen molar-refractivity contribution in [1.29, 1.82) is 0 Å². The lowest BCUT2D eigenvalue weighted by Crippen LogP contribution is -2.39. The smallest absolute Gasteiger partial charge is 0.190 e. The summed E-state index contributed by atoms with van der Waals surface area (Å²) in [5.74, 6) is 2.43. The highest BCUT2D eigenvalue weighted by Gasteiger charge is 2.15. The van der Waals surface area contributed by atoms with Crippen LogP contribution in [0.15, 0.2) is 4.99 Å². The molecule has 2 rings (SSSR count). The highest BCUT2D eigenvalue weighted by molar-refractivity contribution is 14.0. The van der Waals surface area contributed by atoms with Crippen molar-refractivity contribution >= 4 is 29.9 Å². The van der Waals surface area contributed by atoms with Crippen LogP contribution in [0, 0.1) is 11.8 Å². The summed E-state index contributed by atoms with van der Waals surface area (Å²) < 4.78 is 11.1. The van der Waals surface area contributed by atoms with E-state index in [2.05, 4.69) is 27.4 Å². The fourth-order valence-corrected chi connectivity index (χ4v) is 3.52. The number of guanidine groups is 1. The number of hydrogen-bond donors (Lipinski definition) is 2. The van der Waals surface area contributed by atoms with Gasteiger partial charge in [-0.15, -0.1) is 24.0 Å². The Balaban J connectivity index is 0.00000364. The molecule has 160 valence electrons. The first-order chi connectivity index (χ1) is 12.8. The number of nitrogens with one attached hydrogen (secondary N) is 2. The van der Waals surface area contributed by atoms with Gasteiger partial charge in [0.2, 0.25) is 0 Å². The van der Waals surface area contributed by atoms with Crippen LogP contribution in [-0.2, 0) is 9.47 Å². The van der Waals surface area contributed by atoms with Crippen molar-refractivity contribution in [3.05, 3.63) is 0 Å². The number of unbranched alkanes of at least 4 members (excludes halogenated alkanes) is 1. The summed E-state index contributed by atoms with van der Waals surface area (Å²) in [5.41, 5.74) is 0. The van der Waals surface area contributed by atoms with Crippen LogP contribution in [-0.4, -0.2) is 77.1 Å². The summed E-state index contributed by atoms with van der Waals surface area (Å²) >= 11 is 0. The fourth-order valence-electron chi connectivity index (χ4n) is 3.52. The molecule has 2 aliphatic rings. The number of rotatable bonds is 11. The quantitative estimate of drug-likeness (QED) is 0.200. The number of halogens is 1. The van der Waals surface area contributed by atoms with Gasteiger partial charge in [-0.25, -0.2) is 0 Å². The zero-order valence-corrected chi connectivity index (χ0v) is 19.7. The van der Waals surface area contributed by atoms with Crippen molar-refractivity contribution in [2.75, 3.05) is 66.2 Å². The maximum Gasteiger partial charge on any atom is 0.190 e. The largest absolute Gasteiger partial charge is 0.381 e. The number of aliphatic imine (C=N–C) groups is 1. The summed E-state index contributed by atoms with van der Waals surface area (Å²) in [4.78, 5) is 6.91. The van der Waals surface area contributed by atoms with Crippen LogP contribution in [0.25, 0.3) is 0 Å². The van der Waals surface area contributed by atoms with E-state index in [0.717, 1.165) is 64.2 Å². The second kappa shape index (κ2) is 15.8. The van der Waals surface area contributed by atoms with Crippen LogP contribution in [0.5, 0.6) is 0 Å². The van der Waals surface area contributed by atoms with Gasteiger partial charge < -0.3 is 25.0 Å². The molecule has 27 heavy (non-hydrogen) atoms. The SMILES string of the molecule is CN=C(NCCCCN1CCC(C)CC1)NCCCOCC1CCOC1.I. The fraction of sp³-hybridized carbons (Fsp3) is 0.950. The topological polar surface area (TPSA) is 58.1 Å². The van der Waals surface area contributed by atoms with Crippen LogP contribution in [0.3, 0.4) is 0 Å². The second-order valence-electron chi connectivity index (χ2n) is 7.82. The summed E-state index contributed by atoms with van der Waals surface area (Å²) in [7, 11) is 1.83. The third kappa shape index (κ3) is 11.5. The van der Waals surface area contributed by atoms with Crippen molar-refractivity contribution in [2.24, 2.45) is 16.8 Å². The lowest BCUT2D eigenvalue weighted by Gasteiger charge is -2.30. The van der Waals surface area contributed by atoms with Gasteiger partial charge in [-0.3, -0.25) is 4.99 Å². The van der Waals surface area contributed by atoms with Crippen LogP contribution >= 0.6 is 24.0 Å². The molecule has 0 aromatic heterocycles. The Morgan fingerprint density at radius 2 is 1.85 bits per heavy atom. The Morgan fingerprint density at radius 3 is 2.52 bits per heavy atom. The number of piperidine rings is 1. The second-order valence-corrected chi connectivity index (χ2v) is 7.82. The minimum Gasteiger partial charge on any atom is -0.381 e. The van der Waals surface area contributed by atoms with Crippen molar-refractivity contribution < 1.29 is 9.47 Å². The average Bonchev–Trinajstić information content (AvgIpc) is 3.17. The van der Waals surface area contributed by atoms with Gasteiger partial charge in [0.15, 0.2) is 5.96 Å². The molecule has 0 aromatic carbocycles. The third-order valence-corrected chi connectivity index (χ3v) is 5.43. The van der Waals surface area contributed by atoms with E-state index in [9.17, 15) is 0 Å². The standard InChI is InChI=1S/C20H40N4O2.HI/c1-18-6-12-24(13-7-18)11-4-3-9-22-20(21-2)23-10-5-14-25-16-19-8-15-26-17-19;/h18-19H,3-17H2,1-2H3,(H2,21,22,23);1H. The maximum absolute atomic E-state index is 5.73. The molecule has 2 heterocycles. The Labute approximate surface area is 183 Å². The number of likely N-dealkylation sites (tertiary alicyclic amines) is 1. The molecule has 2 N–H and O–H groups in total. The molecule has 0 spiro atoms. The highest BCUT2D eigenvalue weighted by Crippen LogP contribution is 2.16. The van der Waals surface area contributed by atoms with Gasteiger partial charge >= 0.3 is 0 Å². The normalized spacial score (nSPS) is 21.9. The molecule has 6 nitrogen and oxygen atoms in total. The maximum atomic E-state index is 5.73. The summed E-state index contributed by atoms with van der Waals surface area (Å²) in [5, 5.41) is 6.78. The van der Waals surface area contributed by atoms with E-state index >= 15 is 0 Å². The minimum absolute atomic E-state index is 0. The van der Waals surface area contributed by atoms with Crippen LogP contribution in [0.2, 0.25) is 0 Å². The Hall–Kier alpha value is -0.120. The van der Waals surface area contributed by atoms with E-state index in [1.54, 1.807) is 0 Å². The first-order valence-corrected chi connectivity index (χ1v) is 10.6. The molecule has 1 atom stereocenters. The van der Waals surface area contributed by atoms with E-state index in [0.29, 0.717) is 5.92 Å². The van der Waals surface area contributed by atoms with Gasteiger partial charge in [0.25, 0.3) is 0 Å². The summed E-state index contributed by atoms with van der Waals surface area (Å²) in [6.07, 6.45) is 7.34. The average molecular weight is 496 g/mol. The molecule has 0 radical (unpaired) electrons. The molecule has 0 saturated carbocycles. The molecule has 0 bridgehead atoms. The van der Waals surface area contributed by atoms with Crippen molar-refractivity contribution in [2.45, 2.75) is 45.4 Å². The highest BCUT2D eigenvalue weighted by atomic mass is 127. The third-order valence-electron chi connectivity index (χ3n) is 5.43. The van der Waals surface area contributed by atoms with E-state index in [1.807, 2.05) is 7.05 Å². The molecule has 0 aliphatic carbocycles. The van der Waals surface area contributed by atoms with Crippen molar-refractivity contribution in [3.8, 4) is 0 Å². The van der Waals surface area contributed by atoms with Gasteiger partial charge in [0.05, 0.1) is 13.2 Å². The van der Waals surface area contributed by atoms with Crippen molar-refractivity contribution in [3.63, 3.8) is 0 Å². The molecule has 1 unspecified atom stereocenters. The van der Waals surface area contributed by atoms with Gasteiger partial charge in [-0.1, -0.05) is 6.92 Å². The number of ether oxygens (including phenoxy) is 2. The van der Waals surface area contributed by atoms with E-state index in [-0.39, 0.29) is 24.0 Å². The summed E-state index contributed by atoms with van der Waals surface area (Å²) in [6.45, 7) is 11.5. The van der Waals surface area contributed by atoms with Gasteiger partial charge in [-0.2, -0.15) is 0 Å². The van der Waals surface area contributed by atoms with E-state index < -0.39 is 0 Å². The lowest BCUT2D eigenvalue weighted by atomic mass is 9.99. The molecule has 0 aromatic rings. The number of nitrogens with zero attached hydrogens (tertiary/aromatic N) is 2. The zero-order valence-electron chi connectivity index (χ0n) is 17.4. The predicted octanol–water partition coefficient (Wildman–Crippen LogP) is 2.72. The molecule has 0 amide bonds. The molecular weight excluding hydrogens is 455 g/mol. The van der Waals surface area contributed by atoms with E-state index in [1.165, 1.54) is 45.3 Å². The molecule has 2 saturated heterocycles. The predicted molar refractivity (Wildman–Crippen MR) is 123 cm³/mol. The van der Waals surface area contributed by atoms with Crippen LogP contribution in [0.1, 0.15) is 45.4 Å².